The molecule has 0 aromatic carbocycles. The summed E-state index contributed by atoms with van der Waals surface area (Å²) in [6.07, 6.45) is -1.04. The lowest BCUT2D eigenvalue weighted by atomic mass is 10.2. The molecule has 6 heteroatoms. The SMILES string of the molecule is FC(F)c1c(Br)ncc(I)c1CCl. The van der Waals surface area contributed by atoms with E-state index in [4.69, 9.17) is 11.6 Å². The zero-order chi connectivity index (χ0) is 10.0. The van der Waals surface area contributed by atoms with Gasteiger partial charge in [-0.05, 0) is 44.1 Å². The van der Waals surface area contributed by atoms with Gasteiger partial charge in [0.2, 0.25) is 0 Å². The number of alkyl halides is 3. The highest BCUT2D eigenvalue weighted by Crippen LogP contribution is 2.32. The van der Waals surface area contributed by atoms with E-state index in [0.717, 1.165) is 0 Å². The van der Waals surface area contributed by atoms with Crippen molar-refractivity contribution in [1.82, 2.24) is 4.98 Å². The summed E-state index contributed by atoms with van der Waals surface area (Å²) < 4.78 is 25.9. The Morgan fingerprint density at radius 2 is 2.23 bits per heavy atom. The molecule has 0 atom stereocenters. The molecular weight excluding hydrogens is 378 g/mol. The minimum Gasteiger partial charge on any atom is -0.248 e. The fourth-order valence-corrected chi connectivity index (χ4v) is 2.52. The molecule has 13 heavy (non-hydrogen) atoms. The summed E-state index contributed by atoms with van der Waals surface area (Å²) in [5, 5.41) is 0. The maximum absolute atomic E-state index is 12.5. The van der Waals surface area contributed by atoms with Crippen molar-refractivity contribution >= 4 is 50.1 Å². The number of halogens is 5. The Hall–Kier alpha value is 0.510. The van der Waals surface area contributed by atoms with Gasteiger partial charge in [0.25, 0.3) is 6.43 Å². The summed E-state index contributed by atoms with van der Waals surface area (Å²) in [5.41, 5.74) is 0.334. The Balaban J connectivity index is 3.35. The van der Waals surface area contributed by atoms with Gasteiger partial charge in [-0.2, -0.15) is 0 Å². The van der Waals surface area contributed by atoms with Crippen LogP contribution in [0.5, 0.6) is 0 Å². The van der Waals surface area contributed by atoms with Gasteiger partial charge < -0.3 is 0 Å². The summed E-state index contributed by atoms with van der Waals surface area (Å²) >= 11 is 10.5. The first kappa shape index (κ1) is 11.6. The largest absolute Gasteiger partial charge is 0.266 e. The maximum atomic E-state index is 12.5. The van der Waals surface area contributed by atoms with Crippen LogP contribution in [0.3, 0.4) is 0 Å². The molecule has 1 aromatic heterocycles. The summed E-state index contributed by atoms with van der Waals surface area (Å²) in [5.74, 6) is 0.0685. The average Bonchev–Trinajstić information content (AvgIpc) is 2.07. The van der Waals surface area contributed by atoms with Crippen molar-refractivity contribution in [1.29, 1.82) is 0 Å². The van der Waals surface area contributed by atoms with Crippen LogP contribution in [0.25, 0.3) is 0 Å². The number of pyridine rings is 1. The lowest BCUT2D eigenvalue weighted by molar-refractivity contribution is 0.149. The van der Waals surface area contributed by atoms with Crippen LogP contribution in [0.4, 0.5) is 8.78 Å². The topological polar surface area (TPSA) is 12.9 Å². The molecule has 0 N–H and O–H groups in total. The molecule has 0 aliphatic rings. The lowest BCUT2D eigenvalue weighted by Gasteiger charge is -2.09. The molecule has 0 aliphatic carbocycles. The molecule has 0 radical (unpaired) electrons. The second-order valence-electron chi connectivity index (χ2n) is 2.22. The van der Waals surface area contributed by atoms with Gasteiger partial charge in [-0.25, -0.2) is 13.8 Å². The third kappa shape index (κ3) is 2.50. The molecular formula is C7H4BrClF2IN. The van der Waals surface area contributed by atoms with Gasteiger partial charge in [-0.1, -0.05) is 0 Å². The fraction of sp³-hybridized carbons (Fsp3) is 0.286. The van der Waals surface area contributed by atoms with Gasteiger partial charge >= 0.3 is 0 Å². The monoisotopic (exact) mass is 381 g/mol. The van der Waals surface area contributed by atoms with Crippen LogP contribution in [-0.4, -0.2) is 4.98 Å². The molecule has 0 saturated carbocycles. The standard InChI is InChI=1S/C7H4BrClF2IN/c8-6-5(7(10)11)3(1-9)4(12)2-13-6/h2,7H,1H2. The van der Waals surface area contributed by atoms with Crippen LogP contribution in [0.15, 0.2) is 10.8 Å². The highest BCUT2D eigenvalue weighted by molar-refractivity contribution is 14.1. The quantitative estimate of drug-likeness (QED) is 0.426. The van der Waals surface area contributed by atoms with Crippen LogP contribution in [0.2, 0.25) is 0 Å². The van der Waals surface area contributed by atoms with Gasteiger partial charge in [0, 0.05) is 15.6 Å². The van der Waals surface area contributed by atoms with Crippen molar-refractivity contribution in [3.8, 4) is 0 Å². The van der Waals surface area contributed by atoms with Gasteiger partial charge in [0.05, 0.1) is 5.56 Å². The van der Waals surface area contributed by atoms with E-state index in [1.54, 1.807) is 0 Å². The Kier molecular flexibility index (Phi) is 4.31. The molecule has 1 aromatic rings. The van der Waals surface area contributed by atoms with Crippen molar-refractivity contribution in [3.05, 3.63) is 25.5 Å². The molecule has 0 aliphatic heterocycles. The zero-order valence-electron chi connectivity index (χ0n) is 6.20. The predicted octanol–water partition coefficient (Wildman–Crippen LogP) is 4.13. The van der Waals surface area contributed by atoms with Crippen molar-refractivity contribution in [2.24, 2.45) is 0 Å². The molecule has 0 fully saturated rings. The van der Waals surface area contributed by atoms with Gasteiger partial charge in [0.1, 0.15) is 4.60 Å². The van der Waals surface area contributed by atoms with E-state index in [-0.39, 0.29) is 16.0 Å². The first-order chi connectivity index (χ1) is 6.07. The van der Waals surface area contributed by atoms with E-state index < -0.39 is 6.43 Å². The van der Waals surface area contributed by atoms with Gasteiger partial charge in [0.15, 0.2) is 0 Å². The second kappa shape index (κ2) is 4.84. The van der Waals surface area contributed by atoms with E-state index in [1.165, 1.54) is 6.20 Å². The smallest absolute Gasteiger partial charge is 0.248 e. The van der Waals surface area contributed by atoms with Crippen LogP contribution in [0.1, 0.15) is 17.6 Å². The number of rotatable bonds is 2. The Morgan fingerprint density at radius 3 is 2.62 bits per heavy atom. The maximum Gasteiger partial charge on any atom is 0.266 e. The summed E-state index contributed by atoms with van der Waals surface area (Å²) in [7, 11) is 0. The van der Waals surface area contributed by atoms with Crippen molar-refractivity contribution in [3.63, 3.8) is 0 Å². The first-order valence-electron chi connectivity index (χ1n) is 3.24. The van der Waals surface area contributed by atoms with Crippen molar-refractivity contribution < 1.29 is 8.78 Å². The van der Waals surface area contributed by atoms with Crippen LogP contribution >= 0.6 is 50.1 Å². The number of hydrogen-bond acceptors (Lipinski definition) is 1. The highest BCUT2D eigenvalue weighted by atomic mass is 127. The van der Waals surface area contributed by atoms with E-state index in [2.05, 4.69) is 20.9 Å². The van der Waals surface area contributed by atoms with Crippen LogP contribution in [0, 0.1) is 3.57 Å². The Labute approximate surface area is 101 Å². The van der Waals surface area contributed by atoms with E-state index in [0.29, 0.717) is 9.13 Å². The zero-order valence-corrected chi connectivity index (χ0v) is 10.7. The normalized spacial score (nSPS) is 10.9. The van der Waals surface area contributed by atoms with E-state index in [1.807, 2.05) is 22.6 Å². The molecule has 0 spiro atoms. The molecule has 1 nitrogen and oxygen atoms in total. The fourth-order valence-electron chi connectivity index (χ4n) is 0.872. The minimum atomic E-state index is -2.55. The third-order valence-corrected chi connectivity index (χ3v) is 3.31. The molecule has 0 saturated heterocycles. The molecule has 0 amide bonds. The number of hydrogen-bond donors (Lipinski definition) is 0. The molecule has 72 valence electrons. The predicted molar refractivity (Wildman–Crippen MR) is 59.2 cm³/mol. The Morgan fingerprint density at radius 1 is 1.62 bits per heavy atom. The van der Waals surface area contributed by atoms with E-state index >= 15 is 0 Å². The van der Waals surface area contributed by atoms with Crippen molar-refractivity contribution in [2.75, 3.05) is 0 Å². The number of nitrogens with zero attached hydrogens (tertiary/aromatic N) is 1. The summed E-state index contributed by atoms with van der Waals surface area (Å²) in [6, 6.07) is 0. The molecule has 1 rings (SSSR count). The second-order valence-corrected chi connectivity index (χ2v) is 4.40. The summed E-state index contributed by atoms with van der Waals surface area (Å²) in [4.78, 5) is 3.78. The third-order valence-electron chi connectivity index (χ3n) is 1.48. The molecule has 0 unspecified atom stereocenters. The first-order valence-corrected chi connectivity index (χ1v) is 5.65. The Bertz CT molecular complexity index is 322. The van der Waals surface area contributed by atoms with Crippen molar-refractivity contribution in [2.45, 2.75) is 12.3 Å². The minimum absolute atomic E-state index is 0.0685. The number of aromatic nitrogens is 1. The molecule has 1 heterocycles. The van der Waals surface area contributed by atoms with Crippen LogP contribution < -0.4 is 0 Å². The van der Waals surface area contributed by atoms with Gasteiger partial charge in [-0.15, -0.1) is 11.6 Å². The average molecular weight is 382 g/mol. The highest BCUT2D eigenvalue weighted by Gasteiger charge is 2.19. The van der Waals surface area contributed by atoms with Gasteiger partial charge in [-0.3, -0.25) is 0 Å². The summed E-state index contributed by atoms with van der Waals surface area (Å²) in [6.45, 7) is 0. The van der Waals surface area contributed by atoms with E-state index in [9.17, 15) is 8.78 Å². The van der Waals surface area contributed by atoms with Crippen LogP contribution in [-0.2, 0) is 5.88 Å². The lowest BCUT2D eigenvalue weighted by Crippen LogP contribution is -1.99. The molecule has 0 bridgehead atoms.